The molecule has 26 heavy (non-hydrogen) atoms. The summed E-state index contributed by atoms with van der Waals surface area (Å²) in [5.74, 6) is -0.754. The molecule has 2 aromatic carbocycles. The molecule has 1 heterocycles. The highest BCUT2D eigenvalue weighted by Gasteiger charge is 2.28. The highest BCUT2D eigenvalue weighted by atomic mass is 19.1. The summed E-state index contributed by atoms with van der Waals surface area (Å²) in [7, 11) is 0. The lowest BCUT2D eigenvalue weighted by molar-refractivity contribution is -0.126. The van der Waals surface area contributed by atoms with Gasteiger partial charge in [0, 0.05) is 25.2 Å². The van der Waals surface area contributed by atoms with Gasteiger partial charge in [0.2, 0.25) is 5.91 Å². The van der Waals surface area contributed by atoms with Gasteiger partial charge in [-0.2, -0.15) is 0 Å². The topological polar surface area (TPSA) is 49.4 Å². The number of benzene rings is 2. The van der Waals surface area contributed by atoms with Crippen molar-refractivity contribution in [3.8, 4) is 0 Å². The molecule has 2 aromatic rings. The molecular weight excluding hydrogens is 331 g/mol. The van der Waals surface area contributed by atoms with Gasteiger partial charge in [0.25, 0.3) is 5.91 Å². The fourth-order valence-electron chi connectivity index (χ4n) is 3.19. The fourth-order valence-corrected chi connectivity index (χ4v) is 3.19. The first-order valence-electron chi connectivity index (χ1n) is 8.91. The summed E-state index contributed by atoms with van der Waals surface area (Å²) in [6.07, 6.45) is 1.56. The standard InChI is InChI=1S/C21H23FN2O2/c1-15-4-6-16(7-5-15)13-23-20(25)18-3-2-12-24(14-18)21(26)17-8-10-19(22)11-9-17/h4-11,18H,2-3,12-14H2,1H3,(H,23,25)/t18-/m1/s1. The second-order valence-corrected chi connectivity index (χ2v) is 6.80. The van der Waals surface area contributed by atoms with Crippen LogP contribution in [-0.4, -0.2) is 29.8 Å². The molecular formula is C21H23FN2O2. The van der Waals surface area contributed by atoms with Crippen molar-refractivity contribution >= 4 is 11.8 Å². The molecule has 1 N–H and O–H groups in total. The number of carbonyl (C=O) groups excluding carboxylic acids is 2. The first kappa shape index (κ1) is 18.1. The molecule has 1 aliphatic rings. The van der Waals surface area contributed by atoms with E-state index in [4.69, 9.17) is 0 Å². The minimum Gasteiger partial charge on any atom is -0.352 e. The van der Waals surface area contributed by atoms with Gasteiger partial charge >= 0.3 is 0 Å². The number of carbonyl (C=O) groups is 2. The van der Waals surface area contributed by atoms with E-state index in [9.17, 15) is 14.0 Å². The number of nitrogens with zero attached hydrogens (tertiary/aromatic N) is 1. The van der Waals surface area contributed by atoms with Crippen LogP contribution in [-0.2, 0) is 11.3 Å². The lowest BCUT2D eigenvalue weighted by Crippen LogP contribution is -2.45. The van der Waals surface area contributed by atoms with Crippen molar-refractivity contribution < 1.29 is 14.0 Å². The quantitative estimate of drug-likeness (QED) is 0.916. The van der Waals surface area contributed by atoms with Gasteiger partial charge in [-0.15, -0.1) is 0 Å². The molecule has 0 bridgehead atoms. The van der Waals surface area contributed by atoms with E-state index >= 15 is 0 Å². The zero-order valence-electron chi connectivity index (χ0n) is 14.9. The monoisotopic (exact) mass is 354 g/mol. The molecule has 4 nitrogen and oxygen atoms in total. The van der Waals surface area contributed by atoms with Crippen LogP contribution < -0.4 is 5.32 Å². The van der Waals surface area contributed by atoms with Crippen LogP contribution >= 0.6 is 0 Å². The zero-order chi connectivity index (χ0) is 18.5. The third-order valence-electron chi connectivity index (χ3n) is 4.76. The highest BCUT2D eigenvalue weighted by Crippen LogP contribution is 2.19. The summed E-state index contributed by atoms with van der Waals surface area (Å²) in [5.41, 5.74) is 2.69. The van der Waals surface area contributed by atoms with Crippen LogP contribution in [0.5, 0.6) is 0 Å². The summed E-state index contributed by atoms with van der Waals surface area (Å²) < 4.78 is 13.0. The maximum Gasteiger partial charge on any atom is 0.253 e. The summed E-state index contributed by atoms with van der Waals surface area (Å²) in [4.78, 5) is 26.7. The van der Waals surface area contributed by atoms with Crippen LogP contribution in [0.15, 0.2) is 48.5 Å². The maximum atomic E-state index is 13.0. The van der Waals surface area contributed by atoms with Crippen LogP contribution in [0.25, 0.3) is 0 Å². The number of halogens is 1. The molecule has 2 amide bonds. The molecule has 0 unspecified atom stereocenters. The Balaban J connectivity index is 1.57. The second kappa shape index (κ2) is 8.13. The summed E-state index contributed by atoms with van der Waals surface area (Å²) in [6.45, 7) is 3.53. The molecule has 3 rings (SSSR count). The van der Waals surface area contributed by atoms with Gasteiger partial charge in [-0.1, -0.05) is 29.8 Å². The van der Waals surface area contributed by atoms with Crippen molar-refractivity contribution in [1.82, 2.24) is 10.2 Å². The van der Waals surface area contributed by atoms with Crippen LogP contribution in [0, 0.1) is 18.7 Å². The van der Waals surface area contributed by atoms with Crippen molar-refractivity contribution in [2.75, 3.05) is 13.1 Å². The second-order valence-electron chi connectivity index (χ2n) is 6.80. The molecule has 0 aromatic heterocycles. The van der Waals surface area contributed by atoms with E-state index < -0.39 is 0 Å². The third kappa shape index (κ3) is 4.48. The lowest BCUT2D eigenvalue weighted by Gasteiger charge is -2.32. The molecule has 0 spiro atoms. The number of nitrogens with one attached hydrogen (secondary N) is 1. The van der Waals surface area contributed by atoms with Gasteiger partial charge in [0.15, 0.2) is 0 Å². The largest absolute Gasteiger partial charge is 0.352 e. The van der Waals surface area contributed by atoms with E-state index in [-0.39, 0.29) is 23.5 Å². The Morgan fingerprint density at radius 1 is 1.12 bits per heavy atom. The smallest absolute Gasteiger partial charge is 0.253 e. The van der Waals surface area contributed by atoms with Crippen molar-refractivity contribution in [3.63, 3.8) is 0 Å². The van der Waals surface area contributed by atoms with E-state index in [0.29, 0.717) is 25.2 Å². The fraction of sp³-hybridized carbons (Fsp3) is 0.333. The minimum atomic E-state index is -0.367. The molecule has 5 heteroatoms. The van der Waals surface area contributed by atoms with Crippen molar-refractivity contribution in [2.24, 2.45) is 5.92 Å². The molecule has 1 fully saturated rings. The summed E-state index contributed by atoms with van der Waals surface area (Å²) in [6, 6.07) is 13.6. The Morgan fingerprint density at radius 3 is 2.50 bits per heavy atom. The molecule has 0 aliphatic carbocycles. The molecule has 1 saturated heterocycles. The third-order valence-corrected chi connectivity index (χ3v) is 4.76. The van der Waals surface area contributed by atoms with Gasteiger partial charge in [0.05, 0.1) is 5.92 Å². The van der Waals surface area contributed by atoms with Crippen LogP contribution in [0.1, 0.15) is 34.3 Å². The van der Waals surface area contributed by atoms with Crippen molar-refractivity contribution in [2.45, 2.75) is 26.3 Å². The maximum absolute atomic E-state index is 13.0. The Morgan fingerprint density at radius 2 is 1.81 bits per heavy atom. The first-order chi connectivity index (χ1) is 12.5. The van der Waals surface area contributed by atoms with Crippen LogP contribution in [0.4, 0.5) is 4.39 Å². The van der Waals surface area contributed by atoms with Gasteiger partial charge in [0.1, 0.15) is 5.82 Å². The molecule has 1 aliphatic heterocycles. The average molecular weight is 354 g/mol. The van der Waals surface area contributed by atoms with E-state index in [1.165, 1.54) is 29.8 Å². The van der Waals surface area contributed by atoms with E-state index in [2.05, 4.69) is 5.32 Å². The molecule has 136 valence electrons. The first-order valence-corrected chi connectivity index (χ1v) is 8.91. The minimum absolute atomic E-state index is 0.0258. The molecule has 0 saturated carbocycles. The van der Waals surface area contributed by atoms with Gasteiger partial charge < -0.3 is 10.2 Å². The number of amides is 2. The van der Waals surface area contributed by atoms with E-state index in [1.54, 1.807) is 4.90 Å². The van der Waals surface area contributed by atoms with Gasteiger partial charge in [-0.05, 0) is 49.6 Å². The van der Waals surface area contributed by atoms with Crippen LogP contribution in [0.2, 0.25) is 0 Å². The number of aryl methyl sites for hydroxylation is 1. The predicted molar refractivity (Wildman–Crippen MR) is 98.1 cm³/mol. The average Bonchev–Trinajstić information content (AvgIpc) is 2.67. The Kier molecular flexibility index (Phi) is 5.66. The number of hydrogen-bond acceptors (Lipinski definition) is 2. The predicted octanol–water partition coefficient (Wildman–Crippen LogP) is 3.30. The highest BCUT2D eigenvalue weighted by molar-refractivity contribution is 5.94. The van der Waals surface area contributed by atoms with E-state index in [0.717, 1.165) is 18.4 Å². The van der Waals surface area contributed by atoms with E-state index in [1.807, 2.05) is 31.2 Å². The molecule has 1 atom stereocenters. The normalized spacial score (nSPS) is 17.0. The Bertz CT molecular complexity index is 772. The zero-order valence-corrected chi connectivity index (χ0v) is 14.9. The van der Waals surface area contributed by atoms with Crippen molar-refractivity contribution in [1.29, 1.82) is 0 Å². The number of piperidine rings is 1. The Hall–Kier alpha value is -2.69. The van der Waals surface area contributed by atoms with Crippen LogP contribution in [0.3, 0.4) is 0 Å². The van der Waals surface area contributed by atoms with Gasteiger partial charge in [-0.25, -0.2) is 4.39 Å². The van der Waals surface area contributed by atoms with Crippen molar-refractivity contribution in [3.05, 3.63) is 71.0 Å². The summed E-state index contributed by atoms with van der Waals surface area (Å²) in [5, 5.41) is 2.97. The lowest BCUT2D eigenvalue weighted by atomic mass is 9.96. The summed E-state index contributed by atoms with van der Waals surface area (Å²) >= 11 is 0. The molecule has 0 radical (unpaired) electrons. The van der Waals surface area contributed by atoms with Gasteiger partial charge in [-0.3, -0.25) is 9.59 Å². The number of rotatable bonds is 4. The number of likely N-dealkylation sites (tertiary alicyclic amines) is 1. The Labute approximate surface area is 153 Å². The number of hydrogen-bond donors (Lipinski definition) is 1. The SMILES string of the molecule is Cc1ccc(CNC(=O)[C@@H]2CCCN(C(=O)c3ccc(F)cc3)C2)cc1.